The number of nitrogens with one attached hydrogen (secondary N) is 2. The van der Waals surface area contributed by atoms with Crippen molar-refractivity contribution >= 4 is 5.71 Å². The maximum Gasteiger partial charge on any atom is 0.153 e. The van der Waals surface area contributed by atoms with Crippen molar-refractivity contribution in [2.75, 3.05) is 13.1 Å². The van der Waals surface area contributed by atoms with Crippen LogP contribution in [0.1, 0.15) is 20.3 Å². The Hall–Kier alpha value is -0.930. The number of hydrogen-bond acceptors (Lipinski definition) is 3. The summed E-state index contributed by atoms with van der Waals surface area (Å²) >= 11 is 0. The molecule has 0 saturated carbocycles. The molecule has 14 heavy (non-hydrogen) atoms. The third kappa shape index (κ3) is 2.11. The van der Waals surface area contributed by atoms with Crippen LogP contribution in [0.3, 0.4) is 0 Å². The standard InChI is InChI=1S/C11H17N3/c1-8-3-4-10(7-9(8)2)14-11-12-5-6-13-11/h3,7,11-13H,4-6H2,1-2H3. The molecule has 1 heterocycles. The molecule has 0 unspecified atom stereocenters. The summed E-state index contributed by atoms with van der Waals surface area (Å²) in [5, 5.41) is 6.56. The second kappa shape index (κ2) is 4.07. The monoisotopic (exact) mass is 191 g/mol. The van der Waals surface area contributed by atoms with E-state index in [2.05, 4.69) is 41.6 Å². The van der Waals surface area contributed by atoms with Gasteiger partial charge >= 0.3 is 0 Å². The summed E-state index contributed by atoms with van der Waals surface area (Å²) in [7, 11) is 0. The van der Waals surface area contributed by atoms with Gasteiger partial charge in [0, 0.05) is 25.2 Å². The van der Waals surface area contributed by atoms with Crippen molar-refractivity contribution in [2.24, 2.45) is 4.99 Å². The summed E-state index contributed by atoms with van der Waals surface area (Å²) in [6.45, 7) is 6.31. The fraction of sp³-hybridized carbons (Fsp3) is 0.545. The van der Waals surface area contributed by atoms with E-state index in [1.165, 1.54) is 16.9 Å². The maximum atomic E-state index is 4.59. The van der Waals surface area contributed by atoms with Crippen molar-refractivity contribution in [1.82, 2.24) is 10.6 Å². The lowest BCUT2D eigenvalue weighted by Crippen LogP contribution is -2.29. The van der Waals surface area contributed by atoms with Crippen molar-refractivity contribution < 1.29 is 0 Å². The normalized spacial score (nSPS) is 26.6. The molecule has 2 N–H and O–H groups in total. The molecule has 1 fully saturated rings. The highest BCUT2D eigenvalue weighted by Crippen LogP contribution is 2.16. The van der Waals surface area contributed by atoms with E-state index < -0.39 is 0 Å². The summed E-state index contributed by atoms with van der Waals surface area (Å²) in [5.74, 6) is 0. The molecule has 2 aliphatic rings. The Labute approximate surface area is 85.0 Å². The van der Waals surface area contributed by atoms with Crippen LogP contribution in [-0.4, -0.2) is 25.1 Å². The predicted molar refractivity (Wildman–Crippen MR) is 59.4 cm³/mol. The first-order chi connectivity index (χ1) is 6.75. The predicted octanol–water partition coefficient (Wildman–Crippen LogP) is 1.20. The van der Waals surface area contributed by atoms with Gasteiger partial charge in [0.15, 0.2) is 6.29 Å². The van der Waals surface area contributed by atoms with E-state index in [0.29, 0.717) is 0 Å². The van der Waals surface area contributed by atoms with Crippen molar-refractivity contribution in [1.29, 1.82) is 0 Å². The lowest BCUT2D eigenvalue weighted by molar-refractivity contribution is 0.580. The minimum Gasteiger partial charge on any atom is -0.282 e. The Morgan fingerprint density at radius 3 is 2.57 bits per heavy atom. The largest absolute Gasteiger partial charge is 0.282 e. The van der Waals surface area contributed by atoms with Crippen LogP contribution < -0.4 is 10.6 Å². The first-order valence-corrected chi connectivity index (χ1v) is 5.14. The lowest BCUT2D eigenvalue weighted by atomic mass is 9.99. The van der Waals surface area contributed by atoms with Crippen molar-refractivity contribution in [2.45, 2.75) is 26.6 Å². The average molecular weight is 191 g/mol. The Balaban J connectivity index is 2.06. The van der Waals surface area contributed by atoms with Gasteiger partial charge in [0.1, 0.15) is 0 Å². The van der Waals surface area contributed by atoms with Gasteiger partial charge in [-0.05, 0) is 25.5 Å². The molecule has 0 bridgehead atoms. The highest BCUT2D eigenvalue weighted by molar-refractivity contribution is 5.98. The van der Waals surface area contributed by atoms with Crippen molar-refractivity contribution in [3.63, 3.8) is 0 Å². The summed E-state index contributed by atoms with van der Waals surface area (Å²) in [5.41, 5.74) is 3.87. The number of allylic oxidation sites excluding steroid dienone is 4. The molecular formula is C11H17N3. The molecule has 2 rings (SSSR count). The van der Waals surface area contributed by atoms with Gasteiger partial charge in [0.05, 0.1) is 0 Å². The fourth-order valence-corrected chi connectivity index (χ4v) is 1.68. The number of nitrogens with zero attached hydrogens (tertiary/aromatic N) is 1. The van der Waals surface area contributed by atoms with Crippen molar-refractivity contribution in [3.05, 3.63) is 23.3 Å². The quantitative estimate of drug-likeness (QED) is 0.653. The molecular weight excluding hydrogens is 174 g/mol. The molecule has 1 saturated heterocycles. The van der Waals surface area contributed by atoms with E-state index in [-0.39, 0.29) is 6.29 Å². The fourth-order valence-electron chi connectivity index (χ4n) is 1.68. The van der Waals surface area contributed by atoms with Crippen molar-refractivity contribution in [3.8, 4) is 0 Å². The van der Waals surface area contributed by atoms with E-state index in [9.17, 15) is 0 Å². The Bertz CT molecular complexity index is 306. The number of aliphatic imine (C=N–C) groups is 1. The van der Waals surface area contributed by atoms with Gasteiger partial charge in [-0.25, -0.2) is 0 Å². The topological polar surface area (TPSA) is 36.4 Å². The second-order valence-corrected chi connectivity index (χ2v) is 3.85. The summed E-state index contributed by atoms with van der Waals surface area (Å²) in [6.07, 6.45) is 5.50. The molecule has 76 valence electrons. The molecule has 0 aromatic heterocycles. The Morgan fingerprint density at radius 1 is 1.21 bits per heavy atom. The van der Waals surface area contributed by atoms with Gasteiger partial charge in [0.25, 0.3) is 0 Å². The minimum atomic E-state index is 0.126. The van der Waals surface area contributed by atoms with Crippen LogP contribution in [0.25, 0.3) is 0 Å². The second-order valence-electron chi connectivity index (χ2n) is 3.85. The van der Waals surface area contributed by atoms with Crippen LogP contribution in [-0.2, 0) is 0 Å². The molecule has 3 heteroatoms. The molecule has 1 aliphatic carbocycles. The first-order valence-electron chi connectivity index (χ1n) is 5.14. The van der Waals surface area contributed by atoms with Gasteiger partial charge in [-0.3, -0.25) is 15.6 Å². The van der Waals surface area contributed by atoms with Crippen LogP contribution in [0.5, 0.6) is 0 Å². The van der Waals surface area contributed by atoms with Gasteiger partial charge < -0.3 is 0 Å². The Kier molecular flexibility index (Phi) is 2.79. The molecule has 0 aromatic rings. The third-order valence-corrected chi connectivity index (χ3v) is 2.72. The SMILES string of the molecule is CC1=CCC(=NC2NCCN2)C=C1C. The summed E-state index contributed by atoms with van der Waals surface area (Å²) < 4.78 is 0. The zero-order valence-corrected chi connectivity index (χ0v) is 8.80. The van der Waals surface area contributed by atoms with Gasteiger partial charge in [0.2, 0.25) is 0 Å². The van der Waals surface area contributed by atoms with Crippen LogP contribution >= 0.6 is 0 Å². The number of hydrogen-bond donors (Lipinski definition) is 2. The number of rotatable bonds is 1. The maximum absolute atomic E-state index is 4.59. The van der Waals surface area contributed by atoms with E-state index in [1.54, 1.807) is 0 Å². The smallest absolute Gasteiger partial charge is 0.153 e. The van der Waals surface area contributed by atoms with E-state index in [0.717, 1.165) is 19.5 Å². The zero-order valence-electron chi connectivity index (χ0n) is 8.80. The molecule has 0 radical (unpaired) electrons. The first kappa shape index (κ1) is 9.62. The van der Waals surface area contributed by atoms with Gasteiger partial charge in [-0.2, -0.15) is 0 Å². The highest BCUT2D eigenvalue weighted by Gasteiger charge is 2.12. The Morgan fingerprint density at radius 2 is 1.93 bits per heavy atom. The van der Waals surface area contributed by atoms with Crippen LogP contribution in [0.4, 0.5) is 0 Å². The summed E-state index contributed by atoms with van der Waals surface area (Å²) in [6, 6.07) is 0. The van der Waals surface area contributed by atoms with Gasteiger partial charge in [-0.1, -0.05) is 11.6 Å². The molecule has 1 aliphatic heterocycles. The van der Waals surface area contributed by atoms with E-state index in [1.807, 2.05) is 0 Å². The minimum absolute atomic E-state index is 0.126. The van der Waals surface area contributed by atoms with Crippen LogP contribution in [0.2, 0.25) is 0 Å². The van der Waals surface area contributed by atoms with E-state index >= 15 is 0 Å². The third-order valence-electron chi connectivity index (χ3n) is 2.72. The lowest BCUT2D eigenvalue weighted by Gasteiger charge is -2.12. The van der Waals surface area contributed by atoms with Gasteiger partial charge in [-0.15, -0.1) is 0 Å². The molecule has 0 spiro atoms. The zero-order chi connectivity index (χ0) is 9.97. The van der Waals surface area contributed by atoms with Crippen LogP contribution in [0, 0.1) is 0 Å². The molecule has 0 atom stereocenters. The average Bonchev–Trinajstić information content (AvgIpc) is 2.64. The molecule has 0 amide bonds. The molecule has 0 aromatic carbocycles. The van der Waals surface area contributed by atoms with E-state index in [4.69, 9.17) is 0 Å². The summed E-state index contributed by atoms with van der Waals surface area (Å²) in [4.78, 5) is 4.59. The molecule has 3 nitrogen and oxygen atoms in total. The van der Waals surface area contributed by atoms with Crippen LogP contribution in [0.15, 0.2) is 28.3 Å². The highest BCUT2D eigenvalue weighted by atomic mass is 15.3.